The molecule has 2 N–H and O–H groups in total. The minimum absolute atomic E-state index is 0.114. The number of aromatic nitrogens is 1. The van der Waals surface area contributed by atoms with E-state index in [4.69, 9.17) is 11.0 Å². The van der Waals surface area contributed by atoms with Crippen LogP contribution in [0.4, 0.5) is 0 Å². The van der Waals surface area contributed by atoms with Crippen molar-refractivity contribution in [1.82, 2.24) is 4.98 Å². The molecule has 1 aromatic heterocycles. The molecule has 4 nitrogen and oxygen atoms in total. The van der Waals surface area contributed by atoms with E-state index in [1.807, 2.05) is 6.92 Å². The molecule has 0 aromatic carbocycles. The molecule has 0 aliphatic carbocycles. The van der Waals surface area contributed by atoms with Gasteiger partial charge in [-0.1, -0.05) is 0 Å². The molecule has 5 heteroatoms. The zero-order chi connectivity index (χ0) is 9.84. The van der Waals surface area contributed by atoms with Crippen LogP contribution in [0, 0.1) is 18.3 Å². The summed E-state index contributed by atoms with van der Waals surface area (Å²) in [6.45, 7) is 2.20. The van der Waals surface area contributed by atoms with Gasteiger partial charge in [0, 0.05) is 11.4 Å². The van der Waals surface area contributed by atoms with Crippen molar-refractivity contribution >= 4 is 17.1 Å². The van der Waals surface area contributed by atoms with Crippen molar-refractivity contribution in [3.63, 3.8) is 0 Å². The number of nitriles is 1. The van der Waals surface area contributed by atoms with Crippen LogP contribution in [0.15, 0.2) is 0 Å². The maximum Gasteiger partial charge on any atom is 0.205 e. The predicted molar refractivity (Wildman–Crippen MR) is 49.3 cm³/mol. The van der Waals surface area contributed by atoms with Crippen LogP contribution in [-0.2, 0) is 6.54 Å². The molecule has 0 fully saturated rings. The first kappa shape index (κ1) is 9.84. The monoisotopic (exact) mass is 195 g/mol. The van der Waals surface area contributed by atoms with E-state index < -0.39 is 0 Å². The zero-order valence-corrected chi connectivity index (χ0v) is 8.02. The van der Waals surface area contributed by atoms with Crippen LogP contribution in [0.5, 0.6) is 0 Å². The van der Waals surface area contributed by atoms with Gasteiger partial charge in [0.15, 0.2) is 5.01 Å². The molecule has 0 bridgehead atoms. The minimum atomic E-state index is -0.227. The zero-order valence-electron chi connectivity index (χ0n) is 7.20. The lowest BCUT2D eigenvalue weighted by atomic mass is 10.3. The number of nitrogens with two attached hydrogens (primary N) is 1. The highest BCUT2D eigenvalue weighted by molar-refractivity contribution is 7.13. The van der Waals surface area contributed by atoms with Gasteiger partial charge in [0.2, 0.25) is 5.78 Å². The van der Waals surface area contributed by atoms with Crippen LogP contribution >= 0.6 is 11.3 Å². The Kier molecular flexibility index (Phi) is 3.12. The average Bonchev–Trinajstić information content (AvgIpc) is 2.47. The lowest BCUT2D eigenvalue weighted by molar-refractivity contribution is 0.0997. The van der Waals surface area contributed by atoms with Gasteiger partial charge < -0.3 is 5.73 Å². The van der Waals surface area contributed by atoms with Crippen LogP contribution in [0.3, 0.4) is 0 Å². The lowest BCUT2D eigenvalue weighted by Gasteiger charge is -1.86. The van der Waals surface area contributed by atoms with Crippen LogP contribution < -0.4 is 5.73 Å². The number of hydrogen-bond donors (Lipinski definition) is 1. The topological polar surface area (TPSA) is 79.8 Å². The molecule has 1 rings (SSSR count). The first-order valence-electron chi connectivity index (χ1n) is 3.75. The Balaban J connectivity index is 2.91. The molecule has 0 radical (unpaired) electrons. The van der Waals surface area contributed by atoms with E-state index in [2.05, 4.69) is 4.98 Å². The van der Waals surface area contributed by atoms with Gasteiger partial charge in [-0.25, -0.2) is 4.98 Å². The van der Waals surface area contributed by atoms with E-state index in [1.165, 1.54) is 11.3 Å². The second-order valence-corrected chi connectivity index (χ2v) is 3.57. The molecule has 0 spiro atoms. The normalized spacial score (nSPS) is 9.62. The Hall–Kier alpha value is -1.25. The standard InChI is InChI=1S/C8H9N3OS/c1-5-7(4-10)13-8(11-5)6(12)2-3-9/h2,4,10H2,1H3. The van der Waals surface area contributed by atoms with Crippen LogP contribution in [0.1, 0.15) is 26.8 Å². The molecule has 1 aromatic rings. The lowest BCUT2D eigenvalue weighted by Crippen LogP contribution is -1.95. The van der Waals surface area contributed by atoms with Crippen molar-refractivity contribution in [2.24, 2.45) is 5.73 Å². The third-order valence-electron chi connectivity index (χ3n) is 1.56. The van der Waals surface area contributed by atoms with Gasteiger partial charge in [0.05, 0.1) is 11.8 Å². The third-order valence-corrected chi connectivity index (χ3v) is 2.78. The molecule has 0 saturated heterocycles. The van der Waals surface area contributed by atoms with E-state index >= 15 is 0 Å². The summed E-state index contributed by atoms with van der Waals surface area (Å²) in [5, 5.41) is 8.70. The summed E-state index contributed by atoms with van der Waals surface area (Å²) in [5.41, 5.74) is 6.22. The first-order valence-corrected chi connectivity index (χ1v) is 4.57. The van der Waals surface area contributed by atoms with Crippen molar-refractivity contribution in [1.29, 1.82) is 5.26 Å². The molecular formula is C8H9N3OS. The Morgan fingerprint density at radius 3 is 2.92 bits per heavy atom. The summed E-state index contributed by atoms with van der Waals surface area (Å²) >= 11 is 1.27. The Morgan fingerprint density at radius 2 is 2.46 bits per heavy atom. The van der Waals surface area contributed by atoms with Crippen LogP contribution in [-0.4, -0.2) is 10.8 Å². The number of hydrogen-bond acceptors (Lipinski definition) is 5. The Morgan fingerprint density at radius 1 is 1.77 bits per heavy atom. The summed E-state index contributed by atoms with van der Waals surface area (Å²) in [6, 6.07) is 1.80. The fraction of sp³-hybridized carbons (Fsp3) is 0.375. The van der Waals surface area contributed by atoms with E-state index in [9.17, 15) is 4.79 Å². The highest BCUT2D eigenvalue weighted by atomic mass is 32.1. The molecule has 0 aliphatic rings. The molecule has 1 heterocycles. The maximum atomic E-state index is 11.2. The number of aryl methyl sites for hydroxylation is 1. The van der Waals surface area contributed by atoms with Crippen molar-refractivity contribution in [2.45, 2.75) is 19.9 Å². The largest absolute Gasteiger partial charge is 0.326 e. The van der Waals surface area contributed by atoms with Crippen LogP contribution in [0.25, 0.3) is 0 Å². The van der Waals surface area contributed by atoms with Gasteiger partial charge in [0.25, 0.3) is 0 Å². The van der Waals surface area contributed by atoms with Gasteiger partial charge in [-0.05, 0) is 6.92 Å². The number of nitrogens with zero attached hydrogens (tertiary/aromatic N) is 2. The van der Waals surface area contributed by atoms with E-state index in [0.717, 1.165) is 10.6 Å². The van der Waals surface area contributed by atoms with Gasteiger partial charge in [-0.2, -0.15) is 5.26 Å². The number of carbonyl (C=O) groups is 1. The summed E-state index contributed by atoms with van der Waals surface area (Å²) in [4.78, 5) is 16.2. The second-order valence-electron chi connectivity index (χ2n) is 2.49. The van der Waals surface area contributed by atoms with Gasteiger partial charge in [0.1, 0.15) is 6.42 Å². The first-order chi connectivity index (χ1) is 6.19. The molecule has 0 unspecified atom stereocenters. The van der Waals surface area contributed by atoms with Gasteiger partial charge in [-0.3, -0.25) is 4.79 Å². The van der Waals surface area contributed by atoms with Crippen molar-refractivity contribution < 1.29 is 4.79 Å². The number of thiazole rings is 1. The number of rotatable bonds is 3. The maximum absolute atomic E-state index is 11.2. The van der Waals surface area contributed by atoms with Gasteiger partial charge >= 0.3 is 0 Å². The predicted octanol–water partition coefficient (Wildman–Crippen LogP) is 1.01. The summed E-state index contributed by atoms with van der Waals surface area (Å²) in [7, 11) is 0. The SMILES string of the molecule is Cc1nc(C(=O)CC#N)sc1CN. The molecule has 0 atom stereocenters. The summed E-state index contributed by atoms with van der Waals surface area (Å²) < 4.78 is 0. The highest BCUT2D eigenvalue weighted by Gasteiger charge is 2.12. The molecule has 13 heavy (non-hydrogen) atoms. The molecule has 0 amide bonds. The fourth-order valence-electron chi connectivity index (χ4n) is 0.884. The molecule has 68 valence electrons. The minimum Gasteiger partial charge on any atom is -0.326 e. The molecule has 0 aliphatic heterocycles. The van der Waals surface area contributed by atoms with Crippen molar-refractivity contribution in [3.8, 4) is 6.07 Å². The van der Waals surface area contributed by atoms with Crippen molar-refractivity contribution in [3.05, 3.63) is 15.6 Å². The Bertz CT molecular complexity index is 364. The van der Waals surface area contributed by atoms with E-state index in [1.54, 1.807) is 6.07 Å². The quantitative estimate of drug-likeness (QED) is 0.730. The Labute approximate surface area is 80.0 Å². The average molecular weight is 195 g/mol. The van der Waals surface area contributed by atoms with Crippen molar-refractivity contribution in [2.75, 3.05) is 0 Å². The molecular weight excluding hydrogens is 186 g/mol. The molecule has 0 saturated carbocycles. The third kappa shape index (κ3) is 2.11. The number of ketones is 1. The van der Waals surface area contributed by atoms with E-state index in [0.29, 0.717) is 11.6 Å². The fourth-order valence-corrected chi connectivity index (χ4v) is 1.76. The summed E-state index contributed by atoms with van der Waals surface area (Å²) in [6.07, 6.45) is -0.114. The summed E-state index contributed by atoms with van der Waals surface area (Å²) in [5.74, 6) is -0.227. The van der Waals surface area contributed by atoms with Gasteiger partial charge in [-0.15, -0.1) is 11.3 Å². The van der Waals surface area contributed by atoms with Crippen LogP contribution in [0.2, 0.25) is 0 Å². The highest BCUT2D eigenvalue weighted by Crippen LogP contribution is 2.18. The van der Waals surface area contributed by atoms with E-state index in [-0.39, 0.29) is 12.2 Å². The number of Topliss-reactive ketones (excluding diaryl/α,β-unsaturated/α-hetero) is 1. The smallest absolute Gasteiger partial charge is 0.205 e. The number of carbonyl (C=O) groups excluding carboxylic acids is 1. The second kappa shape index (κ2) is 4.12.